The lowest BCUT2D eigenvalue weighted by atomic mass is 10.0. The number of hydrogen-bond acceptors (Lipinski definition) is 2. The Hall–Kier alpha value is -1.02. The van der Waals surface area contributed by atoms with Crippen LogP contribution in [0.25, 0.3) is 0 Å². The topological polar surface area (TPSA) is 29.5 Å². The molecule has 1 unspecified atom stereocenters. The van der Waals surface area contributed by atoms with Crippen molar-refractivity contribution in [2.45, 2.75) is 52.1 Å². The van der Waals surface area contributed by atoms with Crippen LogP contribution in [-0.4, -0.2) is 12.2 Å². The van der Waals surface area contributed by atoms with E-state index in [1.165, 1.54) is 19.3 Å². The fourth-order valence-corrected chi connectivity index (χ4v) is 2.01. The molecule has 1 atom stereocenters. The third-order valence-corrected chi connectivity index (χ3v) is 3.08. The van der Waals surface area contributed by atoms with Gasteiger partial charge in [0.25, 0.3) is 0 Å². The van der Waals surface area contributed by atoms with Gasteiger partial charge in [-0.05, 0) is 25.0 Å². The number of hydrogen-bond donors (Lipinski definition) is 1. The highest BCUT2D eigenvalue weighted by Crippen LogP contribution is 2.29. The van der Waals surface area contributed by atoms with Crippen LogP contribution in [0.1, 0.15) is 56.3 Å². The maximum absolute atomic E-state index is 10.1. The molecule has 0 saturated carbocycles. The van der Waals surface area contributed by atoms with E-state index in [1.807, 2.05) is 25.1 Å². The number of aryl methyl sites for hydroxylation is 1. The Morgan fingerprint density at radius 3 is 2.65 bits per heavy atom. The van der Waals surface area contributed by atoms with Crippen LogP contribution in [0, 0.1) is 6.92 Å². The fourth-order valence-electron chi connectivity index (χ4n) is 2.01. The molecule has 2 nitrogen and oxygen atoms in total. The number of methoxy groups -OCH3 is 1. The third-order valence-electron chi connectivity index (χ3n) is 3.08. The third kappa shape index (κ3) is 4.39. The molecule has 2 heteroatoms. The smallest absolute Gasteiger partial charge is 0.124 e. The Morgan fingerprint density at radius 2 is 2.00 bits per heavy atom. The molecule has 0 amide bonds. The van der Waals surface area contributed by atoms with Gasteiger partial charge < -0.3 is 9.84 Å². The molecule has 0 fully saturated rings. The first-order chi connectivity index (χ1) is 8.19. The number of benzene rings is 1. The van der Waals surface area contributed by atoms with Crippen LogP contribution in [0.5, 0.6) is 5.75 Å². The Kier molecular flexibility index (Phi) is 6.06. The second-order valence-electron chi connectivity index (χ2n) is 4.61. The fraction of sp³-hybridized carbons (Fsp3) is 0.600. The first kappa shape index (κ1) is 14.0. The van der Waals surface area contributed by atoms with E-state index in [-0.39, 0.29) is 0 Å². The zero-order valence-electron chi connectivity index (χ0n) is 11.2. The normalized spacial score (nSPS) is 12.5. The monoisotopic (exact) mass is 236 g/mol. The predicted molar refractivity (Wildman–Crippen MR) is 71.4 cm³/mol. The molecule has 1 N–H and O–H groups in total. The Balaban J connectivity index is 2.58. The molecule has 0 aliphatic heterocycles. The van der Waals surface area contributed by atoms with Crippen molar-refractivity contribution in [2.75, 3.05) is 7.11 Å². The van der Waals surface area contributed by atoms with E-state index in [2.05, 4.69) is 6.92 Å². The summed E-state index contributed by atoms with van der Waals surface area (Å²) in [6, 6.07) is 5.97. The van der Waals surface area contributed by atoms with E-state index in [9.17, 15) is 5.11 Å². The van der Waals surface area contributed by atoms with Crippen LogP contribution in [0.3, 0.4) is 0 Å². The highest BCUT2D eigenvalue weighted by molar-refractivity contribution is 5.38. The molecule has 0 saturated heterocycles. The standard InChI is InChI=1S/C15H24O2/c1-4-5-6-7-8-14(16)13-10-9-12(2)11-15(13)17-3/h9-11,14,16H,4-8H2,1-3H3. The molecule has 0 aromatic heterocycles. The molecule has 1 aromatic carbocycles. The average Bonchev–Trinajstić information content (AvgIpc) is 2.34. The highest BCUT2D eigenvalue weighted by atomic mass is 16.5. The van der Waals surface area contributed by atoms with Crippen LogP contribution in [0.2, 0.25) is 0 Å². The lowest BCUT2D eigenvalue weighted by Gasteiger charge is -2.15. The number of ether oxygens (including phenoxy) is 1. The Bertz CT molecular complexity index is 334. The van der Waals surface area contributed by atoms with Gasteiger partial charge in [0.15, 0.2) is 0 Å². The van der Waals surface area contributed by atoms with Crippen molar-refractivity contribution in [2.24, 2.45) is 0 Å². The van der Waals surface area contributed by atoms with Crippen LogP contribution >= 0.6 is 0 Å². The molecule has 1 rings (SSSR count). The van der Waals surface area contributed by atoms with Crippen molar-refractivity contribution in [1.82, 2.24) is 0 Å². The minimum Gasteiger partial charge on any atom is -0.496 e. The van der Waals surface area contributed by atoms with Crippen molar-refractivity contribution < 1.29 is 9.84 Å². The van der Waals surface area contributed by atoms with E-state index in [0.29, 0.717) is 0 Å². The van der Waals surface area contributed by atoms with Gasteiger partial charge in [0.1, 0.15) is 5.75 Å². The summed E-state index contributed by atoms with van der Waals surface area (Å²) in [5.74, 6) is 0.799. The molecule has 1 aromatic rings. The largest absolute Gasteiger partial charge is 0.496 e. The zero-order valence-corrected chi connectivity index (χ0v) is 11.2. The van der Waals surface area contributed by atoms with Gasteiger partial charge in [0.2, 0.25) is 0 Å². The van der Waals surface area contributed by atoms with Crippen LogP contribution in [0.15, 0.2) is 18.2 Å². The van der Waals surface area contributed by atoms with Crippen molar-refractivity contribution in [3.8, 4) is 5.75 Å². The van der Waals surface area contributed by atoms with Gasteiger partial charge >= 0.3 is 0 Å². The van der Waals surface area contributed by atoms with Crippen molar-refractivity contribution >= 4 is 0 Å². The van der Waals surface area contributed by atoms with Crippen LogP contribution in [0.4, 0.5) is 0 Å². The van der Waals surface area contributed by atoms with Gasteiger partial charge in [0, 0.05) is 5.56 Å². The maximum Gasteiger partial charge on any atom is 0.124 e. The Labute approximate surface area is 105 Å². The highest BCUT2D eigenvalue weighted by Gasteiger charge is 2.12. The summed E-state index contributed by atoms with van der Waals surface area (Å²) in [5.41, 5.74) is 2.07. The molecule has 0 aliphatic rings. The summed E-state index contributed by atoms with van der Waals surface area (Å²) in [5, 5.41) is 10.1. The second kappa shape index (κ2) is 7.33. The van der Waals surface area contributed by atoms with E-state index in [4.69, 9.17) is 4.74 Å². The van der Waals surface area contributed by atoms with Crippen molar-refractivity contribution in [3.63, 3.8) is 0 Å². The van der Waals surface area contributed by atoms with Crippen LogP contribution < -0.4 is 4.74 Å². The van der Waals surface area contributed by atoms with Gasteiger partial charge in [0.05, 0.1) is 13.2 Å². The molecule has 0 heterocycles. The quantitative estimate of drug-likeness (QED) is 0.725. The zero-order chi connectivity index (χ0) is 12.7. The summed E-state index contributed by atoms with van der Waals surface area (Å²) < 4.78 is 5.31. The molecule has 0 radical (unpaired) electrons. The molecular weight excluding hydrogens is 212 g/mol. The van der Waals surface area contributed by atoms with E-state index in [0.717, 1.165) is 29.7 Å². The number of unbranched alkanes of at least 4 members (excludes halogenated alkanes) is 3. The summed E-state index contributed by atoms with van der Waals surface area (Å²) in [6.07, 6.45) is 5.16. The molecule has 96 valence electrons. The summed E-state index contributed by atoms with van der Waals surface area (Å²) in [7, 11) is 1.65. The predicted octanol–water partition coefficient (Wildman–Crippen LogP) is 4.01. The van der Waals surface area contributed by atoms with Crippen molar-refractivity contribution in [3.05, 3.63) is 29.3 Å². The van der Waals surface area contributed by atoms with Gasteiger partial charge in [-0.2, -0.15) is 0 Å². The molecule has 0 spiro atoms. The van der Waals surface area contributed by atoms with E-state index >= 15 is 0 Å². The SMILES string of the molecule is CCCCCCC(O)c1ccc(C)cc1OC. The molecular formula is C15H24O2. The molecule has 17 heavy (non-hydrogen) atoms. The summed E-state index contributed by atoms with van der Waals surface area (Å²) >= 11 is 0. The molecule has 0 aliphatic carbocycles. The summed E-state index contributed by atoms with van der Waals surface area (Å²) in [4.78, 5) is 0. The number of aliphatic hydroxyl groups excluding tert-OH is 1. The lowest BCUT2D eigenvalue weighted by Crippen LogP contribution is -2.01. The van der Waals surface area contributed by atoms with Gasteiger partial charge in [-0.3, -0.25) is 0 Å². The van der Waals surface area contributed by atoms with Gasteiger partial charge in [-0.15, -0.1) is 0 Å². The summed E-state index contributed by atoms with van der Waals surface area (Å²) in [6.45, 7) is 4.22. The van der Waals surface area contributed by atoms with Crippen LogP contribution in [-0.2, 0) is 0 Å². The van der Waals surface area contributed by atoms with Gasteiger partial charge in [-0.25, -0.2) is 0 Å². The second-order valence-corrected chi connectivity index (χ2v) is 4.61. The van der Waals surface area contributed by atoms with E-state index < -0.39 is 6.10 Å². The number of aliphatic hydroxyl groups is 1. The van der Waals surface area contributed by atoms with Gasteiger partial charge in [-0.1, -0.05) is 44.7 Å². The Morgan fingerprint density at radius 1 is 1.24 bits per heavy atom. The minimum absolute atomic E-state index is 0.401. The number of rotatable bonds is 7. The maximum atomic E-state index is 10.1. The molecule has 0 bridgehead atoms. The lowest BCUT2D eigenvalue weighted by molar-refractivity contribution is 0.159. The first-order valence-electron chi connectivity index (χ1n) is 6.51. The average molecular weight is 236 g/mol. The van der Waals surface area contributed by atoms with E-state index in [1.54, 1.807) is 7.11 Å². The minimum atomic E-state index is -0.401. The first-order valence-corrected chi connectivity index (χ1v) is 6.51. The van der Waals surface area contributed by atoms with Crippen molar-refractivity contribution in [1.29, 1.82) is 0 Å².